The highest BCUT2D eigenvalue weighted by molar-refractivity contribution is 6.08. The summed E-state index contributed by atoms with van der Waals surface area (Å²) in [5, 5.41) is 17.8. The number of halogens is 2. The third kappa shape index (κ3) is 4.61. The number of amides is 1. The van der Waals surface area contributed by atoms with Crippen molar-refractivity contribution in [2.45, 2.75) is 20.3 Å². The van der Waals surface area contributed by atoms with Crippen LogP contribution in [0, 0.1) is 24.0 Å². The monoisotopic (exact) mass is 453 g/mol. The van der Waals surface area contributed by atoms with Gasteiger partial charge in [0.1, 0.15) is 22.8 Å². The molecule has 0 aliphatic heterocycles. The summed E-state index contributed by atoms with van der Waals surface area (Å²) in [4.78, 5) is 27.8. The second kappa shape index (κ2) is 8.61. The van der Waals surface area contributed by atoms with Gasteiger partial charge in [0.2, 0.25) is 0 Å². The van der Waals surface area contributed by atoms with Crippen molar-refractivity contribution in [1.29, 1.82) is 0 Å². The summed E-state index contributed by atoms with van der Waals surface area (Å²) in [6.07, 6.45) is -1.70. The van der Waals surface area contributed by atoms with Crippen molar-refractivity contribution >= 4 is 22.9 Å². The third-order valence-corrected chi connectivity index (χ3v) is 4.71. The Morgan fingerprint density at radius 3 is 2.52 bits per heavy atom. The van der Waals surface area contributed by atoms with Gasteiger partial charge in [-0.05, 0) is 32.0 Å². The molecule has 4 rings (SSSR count). The Balaban J connectivity index is 1.67. The summed E-state index contributed by atoms with van der Waals surface area (Å²) in [5.74, 6) is -0.123. The molecule has 0 atom stereocenters. The summed E-state index contributed by atoms with van der Waals surface area (Å²) in [6.45, 7) is 3.43. The predicted octanol–water partition coefficient (Wildman–Crippen LogP) is 5.24. The maximum Gasteiger partial charge on any atom is 0.280 e. The fourth-order valence-electron chi connectivity index (χ4n) is 3.19. The maximum absolute atomic E-state index is 13.3. The molecule has 168 valence electrons. The van der Waals surface area contributed by atoms with Gasteiger partial charge in [0.25, 0.3) is 18.0 Å². The molecule has 2 heterocycles. The number of carbonyl (C=O) groups is 1. The van der Waals surface area contributed by atoms with E-state index in [0.29, 0.717) is 5.75 Å². The number of rotatable bonds is 6. The summed E-state index contributed by atoms with van der Waals surface area (Å²) in [7, 11) is 0. The van der Waals surface area contributed by atoms with E-state index in [4.69, 9.17) is 4.74 Å². The number of nitrogens with one attached hydrogen (secondary N) is 1. The number of non-ortho nitro benzene ring substituents is 1. The van der Waals surface area contributed by atoms with Crippen molar-refractivity contribution < 1.29 is 23.2 Å². The van der Waals surface area contributed by atoms with Crippen LogP contribution in [0.5, 0.6) is 11.5 Å². The molecule has 4 aromatic rings. The number of alkyl halides is 2. The van der Waals surface area contributed by atoms with Gasteiger partial charge in [0, 0.05) is 17.8 Å². The van der Waals surface area contributed by atoms with Crippen molar-refractivity contribution in [3.63, 3.8) is 0 Å². The van der Waals surface area contributed by atoms with E-state index in [-0.39, 0.29) is 34.0 Å². The smallest absolute Gasteiger partial charge is 0.280 e. The molecular formula is C22H17F2N5O4. The number of nitro groups is 1. The number of hydrogen-bond acceptors (Lipinski definition) is 6. The first-order valence-electron chi connectivity index (χ1n) is 9.70. The lowest BCUT2D eigenvalue weighted by atomic mass is 10.2. The average molecular weight is 453 g/mol. The molecule has 1 N–H and O–H groups in total. The second-order valence-electron chi connectivity index (χ2n) is 7.26. The number of aromatic nitrogens is 3. The van der Waals surface area contributed by atoms with Crippen molar-refractivity contribution in [1.82, 2.24) is 14.6 Å². The first-order valence-corrected chi connectivity index (χ1v) is 9.70. The molecule has 2 aromatic carbocycles. The minimum atomic E-state index is -2.82. The average Bonchev–Trinajstić information content (AvgIpc) is 3.18. The first kappa shape index (κ1) is 21.8. The zero-order valence-corrected chi connectivity index (χ0v) is 17.5. The number of fused-ring (bicyclic) bond motifs is 1. The highest BCUT2D eigenvalue weighted by Crippen LogP contribution is 2.30. The van der Waals surface area contributed by atoms with E-state index in [9.17, 15) is 23.7 Å². The zero-order valence-electron chi connectivity index (χ0n) is 17.5. The normalized spacial score (nSPS) is 11.1. The number of hydrogen-bond donors (Lipinski definition) is 1. The van der Waals surface area contributed by atoms with E-state index in [1.807, 2.05) is 19.1 Å². The van der Waals surface area contributed by atoms with E-state index in [2.05, 4.69) is 15.4 Å². The molecule has 0 fully saturated rings. The van der Waals surface area contributed by atoms with E-state index >= 15 is 0 Å². The van der Waals surface area contributed by atoms with Gasteiger partial charge in [-0.1, -0.05) is 17.7 Å². The number of nitrogens with zero attached hydrogens (tertiary/aromatic N) is 4. The number of anilines is 1. The van der Waals surface area contributed by atoms with Gasteiger partial charge >= 0.3 is 0 Å². The van der Waals surface area contributed by atoms with Crippen LogP contribution >= 0.6 is 0 Å². The number of carbonyl (C=O) groups excluding carboxylic acids is 1. The fraction of sp³-hybridized carbons (Fsp3) is 0.136. The van der Waals surface area contributed by atoms with E-state index in [1.165, 1.54) is 25.1 Å². The van der Waals surface area contributed by atoms with Gasteiger partial charge in [-0.15, -0.1) is 0 Å². The van der Waals surface area contributed by atoms with Crippen molar-refractivity contribution in [3.05, 3.63) is 87.4 Å². The van der Waals surface area contributed by atoms with Crippen LogP contribution in [0.3, 0.4) is 0 Å². The minimum Gasteiger partial charge on any atom is -0.457 e. The van der Waals surface area contributed by atoms with Crippen LogP contribution in [-0.2, 0) is 0 Å². The summed E-state index contributed by atoms with van der Waals surface area (Å²) in [6, 6.07) is 12.0. The zero-order chi connectivity index (χ0) is 23.7. The van der Waals surface area contributed by atoms with Gasteiger partial charge in [-0.25, -0.2) is 18.3 Å². The van der Waals surface area contributed by atoms with Crippen LogP contribution < -0.4 is 10.1 Å². The van der Waals surface area contributed by atoms with Crippen LogP contribution in [0.1, 0.15) is 33.7 Å². The van der Waals surface area contributed by atoms with E-state index < -0.39 is 22.9 Å². The summed E-state index contributed by atoms with van der Waals surface area (Å²) in [5.41, 5.74) is 0.567. The molecule has 0 saturated heterocycles. The van der Waals surface area contributed by atoms with Crippen LogP contribution in [0.25, 0.3) is 5.65 Å². The first-order chi connectivity index (χ1) is 15.7. The van der Waals surface area contributed by atoms with Crippen LogP contribution in [0.2, 0.25) is 0 Å². The van der Waals surface area contributed by atoms with E-state index in [1.54, 1.807) is 12.1 Å². The van der Waals surface area contributed by atoms with Gasteiger partial charge in [0.15, 0.2) is 5.65 Å². The van der Waals surface area contributed by atoms with Gasteiger partial charge in [0.05, 0.1) is 22.9 Å². The fourth-order valence-corrected chi connectivity index (χ4v) is 3.19. The van der Waals surface area contributed by atoms with Crippen molar-refractivity contribution in [3.8, 4) is 11.5 Å². The maximum atomic E-state index is 13.3. The molecule has 0 bridgehead atoms. The molecule has 1 amide bonds. The molecule has 0 aliphatic rings. The Kier molecular flexibility index (Phi) is 5.69. The quantitative estimate of drug-likeness (QED) is 0.316. The second-order valence-corrected chi connectivity index (χ2v) is 7.26. The van der Waals surface area contributed by atoms with Gasteiger partial charge in [-0.3, -0.25) is 14.9 Å². The molecule has 0 saturated carbocycles. The highest BCUT2D eigenvalue weighted by Gasteiger charge is 2.21. The molecule has 9 nitrogen and oxygen atoms in total. The predicted molar refractivity (Wildman–Crippen MR) is 115 cm³/mol. The number of aryl methyl sites for hydroxylation is 2. The molecule has 11 heteroatoms. The Bertz CT molecular complexity index is 1370. The molecule has 0 aliphatic carbocycles. The number of ether oxygens (including phenoxy) is 1. The lowest BCUT2D eigenvalue weighted by Gasteiger charge is -2.10. The topological polar surface area (TPSA) is 112 Å². The molecule has 0 radical (unpaired) electrons. The summed E-state index contributed by atoms with van der Waals surface area (Å²) >= 11 is 0. The van der Waals surface area contributed by atoms with Crippen molar-refractivity contribution in [2.75, 3.05) is 5.32 Å². The van der Waals surface area contributed by atoms with Crippen LogP contribution in [-0.4, -0.2) is 25.4 Å². The van der Waals surface area contributed by atoms with Crippen molar-refractivity contribution in [2.24, 2.45) is 0 Å². The summed E-state index contributed by atoms with van der Waals surface area (Å²) < 4.78 is 33.3. The Labute approximate surface area is 185 Å². The Morgan fingerprint density at radius 2 is 1.85 bits per heavy atom. The minimum absolute atomic E-state index is 0.0515. The Morgan fingerprint density at radius 1 is 1.12 bits per heavy atom. The van der Waals surface area contributed by atoms with E-state index in [0.717, 1.165) is 22.3 Å². The SMILES string of the molecule is Cc1ccc(Oc2cc(NC(=O)c3cnn4c(C(F)F)cc(C)nc34)cc([N+](=O)[O-])c2)cc1. The molecule has 2 aromatic heterocycles. The van der Waals surface area contributed by atoms with Crippen LogP contribution in [0.15, 0.2) is 54.7 Å². The van der Waals surface area contributed by atoms with Gasteiger partial charge < -0.3 is 10.1 Å². The third-order valence-electron chi connectivity index (χ3n) is 4.71. The Hall–Kier alpha value is -4.41. The molecule has 33 heavy (non-hydrogen) atoms. The van der Waals surface area contributed by atoms with Gasteiger partial charge in [-0.2, -0.15) is 5.10 Å². The molecular weight excluding hydrogens is 436 g/mol. The largest absolute Gasteiger partial charge is 0.457 e. The lowest BCUT2D eigenvalue weighted by molar-refractivity contribution is -0.384. The highest BCUT2D eigenvalue weighted by atomic mass is 19.3. The standard InChI is InChI=1S/C22H17F2N5O4/c1-12-3-5-16(6-4-12)33-17-9-14(8-15(10-17)29(31)32)27-22(30)18-11-25-28-19(20(23)24)7-13(2)26-21(18)28/h3-11,20H,1-2H3,(H,27,30). The number of nitro benzene ring substituents is 1. The molecule has 0 unspecified atom stereocenters. The molecule has 0 spiro atoms. The lowest BCUT2D eigenvalue weighted by Crippen LogP contribution is -2.13. The van der Waals surface area contributed by atoms with Crippen LogP contribution in [0.4, 0.5) is 20.2 Å². The number of benzene rings is 2.